The zero-order chi connectivity index (χ0) is 11.2. The monoisotopic (exact) mass is 201 g/mol. The maximum atomic E-state index is 2.31. The van der Waals surface area contributed by atoms with E-state index in [9.17, 15) is 0 Å². The lowest BCUT2D eigenvalue weighted by Crippen LogP contribution is -2.11. The second-order valence-electron chi connectivity index (χ2n) is 5.41. The summed E-state index contributed by atoms with van der Waals surface area (Å²) < 4.78 is 2.19. The molecule has 0 amide bonds. The zero-order valence-electron chi connectivity index (χ0n) is 10.3. The molecule has 0 aliphatic rings. The molecular weight excluding hydrogens is 182 g/mol. The smallest absolute Gasteiger partial charge is 0.0507 e. The Kier molecular flexibility index (Phi) is 2.14. The van der Waals surface area contributed by atoms with Crippen molar-refractivity contribution >= 4 is 10.9 Å². The van der Waals surface area contributed by atoms with E-state index in [0.29, 0.717) is 0 Å². The molecule has 1 nitrogen and oxygen atoms in total. The fraction of sp³-hybridized carbons (Fsp3) is 0.429. The van der Waals surface area contributed by atoms with E-state index in [0.717, 1.165) is 0 Å². The molecular formula is C14H19N. The van der Waals surface area contributed by atoms with Crippen LogP contribution in [0.5, 0.6) is 0 Å². The van der Waals surface area contributed by atoms with E-state index in [2.05, 4.69) is 63.7 Å². The zero-order valence-corrected chi connectivity index (χ0v) is 10.3. The first-order chi connectivity index (χ1) is 6.89. The Morgan fingerprint density at radius 1 is 1.13 bits per heavy atom. The van der Waals surface area contributed by atoms with E-state index in [1.807, 2.05) is 0 Å². The molecule has 0 aliphatic heterocycles. The van der Waals surface area contributed by atoms with E-state index in [1.54, 1.807) is 0 Å². The Morgan fingerprint density at radius 3 is 2.40 bits per heavy atom. The number of aromatic nitrogens is 1. The maximum absolute atomic E-state index is 2.31. The molecule has 2 rings (SSSR count). The average molecular weight is 201 g/mol. The van der Waals surface area contributed by atoms with Crippen LogP contribution in [0.4, 0.5) is 0 Å². The van der Waals surface area contributed by atoms with Crippen molar-refractivity contribution in [3.63, 3.8) is 0 Å². The van der Waals surface area contributed by atoms with Crippen LogP contribution in [0.1, 0.15) is 31.9 Å². The van der Waals surface area contributed by atoms with Gasteiger partial charge in [-0.3, -0.25) is 0 Å². The largest absolute Gasteiger partial charge is 0.350 e. The molecule has 0 bridgehead atoms. The summed E-state index contributed by atoms with van der Waals surface area (Å²) in [6, 6.07) is 6.81. The lowest BCUT2D eigenvalue weighted by atomic mass is 9.85. The first-order valence-electron chi connectivity index (χ1n) is 5.46. The second-order valence-corrected chi connectivity index (χ2v) is 5.41. The van der Waals surface area contributed by atoms with E-state index < -0.39 is 0 Å². The van der Waals surface area contributed by atoms with Crippen molar-refractivity contribution in [2.75, 3.05) is 0 Å². The number of fused-ring (bicyclic) bond motifs is 1. The van der Waals surface area contributed by atoms with Gasteiger partial charge in [-0.2, -0.15) is 0 Å². The molecule has 0 spiro atoms. The Hall–Kier alpha value is -1.24. The molecule has 0 radical (unpaired) electrons. The van der Waals surface area contributed by atoms with Crippen molar-refractivity contribution < 1.29 is 0 Å². The topological polar surface area (TPSA) is 4.93 Å². The van der Waals surface area contributed by atoms with Crippen molar-refractivity contribution in [1.29, 1.82) is 0 Å². The van der Waals surface area contributed by atoms with Gasteiger partial charge in [-0.15, -0.1) is 0 Å². The van der Waals surface area contributed by atoms with Crippen LogP contribution in [-0.2, 0) is 12.5 Å². The van der Waals surface area contributed by atoms with E-state index >= 15 is 0 Å². The summed E-state index contributed by atoms with van der Waals surface area (Å²) in [5.41, 5.74) is 4.36. The van der Waals surface area contributed by atoms with E-state index in [-0.39, 0.29) is 5.41 Å². The van der Waals surface area contributed by atoms with Crippen molar-refractivity contribution in [1.82, 2.24) is 4.57 Å². The molecule has 0 saturated heterocycles. The van der Waals surface area contributed by atoms with E-state index in [4.69, 9.17) is 0 Å². The Morgan fingerprint density at radius 2 is 1.80 bits per heavy atom. The Balaban J connectivity index is 2.74. The Bertz CT molecular complexity index is 498. The number of rotatable bonds is 0. The van der Waals surface area contributed by atoms with Crippen molar-refractivity contribution in [2.45, 2.75) is 33.1 Å². The minimum atomic E-state index is 0.231. The third kappa shape index (κ3) is 1.67. The highest BCUT2D eigenvalue weighted by atomic mass is 14.9. The summed E-state index contributed by atoms with van der Waals surface area (Å²) in [5, 5.41) is 1.35. The van der Waals surface area contributed by atoms with Crippen LogP contribution < -0.4 is 0 Å². The van der Waals surface area contributed by atoms with Crippen LogP contribution in [0.15, 0.2) is 24.4 Å². The molecule has 0 saturated carbocycles. The number of hydrogen-bond acceptors (Lipinski definition) is 0. The number of nitrogens with zero attached hydrogens (tertiary/aromatic N) is 1. The molecule has 80 valence electrons. The highest BCUT2D eigenvalue weighted by molar-refractivity contribution is 5.84. The van der Waals surface area contributed by atoms with Gasteiger partial charge in [0.05, 0.1) is 5.52 Å². The molecule has 15 heavy (non-hydrogen) atoms. The summed E-state index contributed by atoms with van der Waals surface area (Å²) in [6.07, 6.45) is 2.13. The minimum Gasteiger partial charge on any atom is -0.350 e. The predicted molar refractivity (Wildman–Crippen MR) is 66.4 cm³/mol. The molecule has 0 N–H and O–H groups in total. The van der Waals surface area contributed by atoms with Gasteiger partial charge in [0, 0.05) is 18.6 Å². The quantitative estimate of drug-likeness (QED) is 0.611. The van der Waals surface area contributed by atoms with Crippen molar-refractivity contribution in [3.05, 3.63) is 35.5 Å². The third-order valence-electron chi connectivity index (χ3n) is 3.03. The fourth-order valence-corrected chi connectivity index (χ4v) is 2.12. The first kappa shape index (κ1) is 10.3. The standard InChI is InChI=1S/C14H19N/c1-10-8-12(14(2,3)4)9-11-6-7-15(5)13(10)11/h6-9H,1-5H3. The van der Waals surface area contributed by atoms with Gasteiger partial charge >= 0.3 is 0 Å². The van der Waals surface area contributed by atoms with Crippen LogP contribution >= 0.6 is 0 Å². The normalized spacial score (nSPS) is 12.3. The van der Waals surface area contributed by atoms with Crippen LogP contribution in [-0.4, -0.2) is 4.57 Å². The van der Waals surface area contributed by atoms with Gasteiger partial charge in [0.1, 0.15) is 0 Å². The third-order valence-corrected chi connectivity index (χ3v) is 3.03. The molecule has 0 atom stereocenters. The molecule has 1 heterocycles. The van der Waals surface area contributed by atoms with E-state index in [1.165, 1.54) is 22.0 Å². The van der Waals surface area contributed by atoms with Crippen LogP contribution in [0, 0.1) is 6.92 Å². The lowest BCUT2D eigenvalue weighted by molar-refractivity contribution is 0.590. The van der Waals surface area contributed by atoms with Crippen LogP contribution in [0.3, 0.4) is 0 Å². The van der Waals surface area contributed by atoms with Gasteiger partial charge in [0.2, 0.25) is 0 Å². The summed E-state index contributed by atoms with van der Waals surface area (Å²) in [5.74, 6) is 0. The maximum Gasteiger partial charge on any atom is 0.0507 e. The molecule has 0 unspecified atom stereocenters. The van der Waals surface area contributed by atoms with Gasteiger partial charge < -0.3 is 4.57 Å². The summed E-state index contributed by atoms with van der Waals surface area (Å²) in [4.78, 5) is 0. The summed E-state index contributed by atoms with van der Waals surface area (Å²) >= 11 is 0. The highest BCUT2D eigenvalue weighted by Crippen LogP contribution is 2.28. The average Bonchev–Trinajstić information content (AvgIpc) is 2.46. The summed E-state index contributed by atoms with van der Waals surface area (Å²) in [7, 11) is 2.10. The fourth-order valence-electron chi connectivity index (χ4n) is 2.12. The number of benzene rings is 1. The van der Waals surface area contributed by atoms with Crippen LogP contribution in [0.25, 0.3) is 10.9 Å². The van der Waals surface area contributed by atoms with Gasteiger partial charge in [0.25, 0.3) is 0 Å². The second kappa shape index (κ2) is 3.13. The highest BCUT2D eigenvalue weighted by Gasteiger charge is 2.15. The number of aryl methyl sites for hydroxylation is 2. The minimum absolute atomic E-state index is 0.231. The lowest BCUT2D eigenvalue weighted by Gasteiger charge is -2.20. The molecule has 2 aromatic rings. The van der Waals surface area contributed by atoms with Gasteiger partial charge in [-0.25, -0.2) is 0 Å². The van der Waals surface area contributed by atoms with Gasteiger partial charge in [-0.05, 0) is 35.6 Å². The SMILES string of the molecule is Cc1cc(C(C)(C)C)cc2ccn(C)c12. The predicted octanol–water partition coefficient (Wildman–Crippen LogP) is 3.78. The van der Waals surface area contributed by atoms with Gasteiger partial charge in [0.15, 0.2) is 0 Å². The first-order valence-corrected chi connectivity index (χ1v) is 5.46. The summed E-state index contributed by atoms with van der Waals surface area (Å²) in [6.45, 7) is 8.97. The Labute approximate surface area is 91.7 Å². The molecule has 1 aromatic carbocycles. The molecule has 1 aromatic heterocycles. The van der Waals surface area contributed by atoms with Crippen LogP contribution in [0.2, 0.25) is 0 Å². The number of hydrogen-bond donors (Lipinski definition) is 0. The van der Waals surface area contributed by atoms with Crippen molar-refractivity contribution in [3.8, 4) is 0 Å². The van der Waals surface area contributed by atoms with Gasteiger partial charge in [-0.1, -0.05) is 26.8 Å². The van der Waals surface area contributed by atoms with Crippen molar-refractivity contribution in [2.24, 2.45) is 7.05 Å². The molecule has 0 aliphatic carbocycles. The molecule has 1 heteroatoms. The molecule has 0 fully saturated rings.